The molecule has 166 valence electrons. The molecule has 0 spiro atoms. The van der Waals surface area contributed by atoms with Crippen molar-refractivity contribution >= 4 is 42.6 Å². The summed E-state index contributed by atoms with van der Waals surface area (Å²) in [5.74, 6) is -0.437. The summed E-state index contributed by atoms with van der Waals surface area (Å²) in [5.41, 5.74) is -1.60. The highest BCUT2D eigenvalue weighted by atomic mass is 35.5. The molecule has 11 heteroatoms. The quantitative estimate of drug-likeness (QED) is 0.586. The Balaban J connectivity index is 2.07. The summed E-state index contributed by atoms with van der Waals surface area (Å²) in [7, 11) is -2.04. The zero-order valence-corrected chi connectivity index (χ0v) is 19.9. The van der Waals surface area contributed by atoms with Gasteiger partial charge in [0, 0.05) is 24.8 Å². The van der Waals surface area contributed by atoms with Crippen molar-refractivity contribution in [3.63, 3.8) is 0 Å². The average Bonchev–Trinajstić information content (AvgIpc) is 2.78. The van der Waals surface area contributed by atoms with E-state index in [9.17, 15) is 23.1 Å². The maximum atomic E-state index is 13.5. The minimum Gasteiger partial charge on any atom is -0.493 e. The fourth-order valence-electron chi connectivity index (χ4n) is 3.03. The summed E-state index contributed by atoms with van der Waals surface area (Å²) in [6.07, 6.45) is -4.70. The lowest BCUT2D eigenvalue weighted by molar-refractivity contribution is -0.137. The summed E-state index contributed by atoms with van der Waals surface area (Å²) in [6.45, 7) is 11.2. The highest BCUT2D eigenvalue weighted by Crippen LogP contribution is 2.46. The van der Waals surface area contributed by atoms with Crippen LogP contribution in [0.3, 0.4) is 0 Å². The summed E-state index contributed by atoms with van der Waals surface area (Å²) in [6, 6.07) is 0.756. The molecule has 2 heterocycles. The molecule has 1 aliphatic rings. The Hall–Kier alpha value is -1.23. The van der Waals surface area contributed by atoms with Gasteiger partial charge in [-0.2, -0.15) is 18.2 Å². The van der Waals surface area contributed by atoms with Gasteiger partial charge in [0.25, 0.3) is 0 Å². The third kappa shape index (κ3) is 4.24. The van der Waals surface area contributed by atoms with Crippen molar-refractivity contribution in [2.75, 3.05) is 12.4 Å². The zero-order valence-electron chi connectivity index (χ0n) is 17.4. The van der Waals surface area contributed by atoms with Crippen LogP contribution in [0.2, 0.25) is 23.2 Å². The average molecular weight is 481 g/mol. The van der Waals surface area contributed by atoms with Gasteiger partial charge in [0.05, 0.1) is 26.4 Å². The summed E-state index contributed by atoms with van der Waals surface area (Å²) in [5, 5.41) is 9.49. The van der Waals surface area contributed by atoms with Crippen LogP contribution in [0.15, 0.2) is 15.8 Å². The van der Waals surface area contributed by atoms with E-state index in [-0.39, 0.29) is 33.3 Å². The fraction of sp³-hybridized carbons (Fsp3) is 0.579. The smallest absolute Gasteiger partial charge is 0.417 e. The molecular weight excluding hydrogens is 457 g/mol. The molecular formula is C19H24ClF3N2O3SSi. The normalized spacial score (nSPS) is 18.0. The molecule has 0 saturated carbocycles. The van der Waals surface area contributed by atoms with Crippen LogP contribution in [0.1, 0.15) is 26.3 Å². The zero-order chi connectivity index (χ0) is 22.6. The van der Waals surface area contributed by atoms with Crippen molar-refractivity contribution in [3.05, 3.63) is 27.1 Å². The van der Waals surface area contributed by atoms with E-state index in [0.717, 1.165) is 17.8 Å². The molecule has 2 aromatic rings. The lowest BCUT2D eigenvalue weighted by atomic mass is 10.1. The number of alkyl halides is 3. The monoisotopic (exact) mass is 480 g/mol. The third-order valence-electron chi connectivity index (χ3n) is 5.83. The van der Waals surface area contributed by atoms with E-state index in [0.29, 0.717) is 12.4 Å². The lowest BCUT2D eigenvalue weighted by Crippen LogP contribution is -2.42. The molecule has 0 saturated heterocycles. The first-order valence-electron chi connectivity index (χ1n) is 9.43. The second kappa shape index (κ2) is 7.72. The molecule has 1 aliphatic heterocycles. The molecule has 3 rings (SSSR count). The van der Waals surface area contributed by atoms with Gasteiger partial charge in [-0.15, -0.1) is 11.8 Å². The number of thioether (sulfide) groups is 1. The van der Waals surface area contributed by atoms with Crippen LogP contribution in [-0.4, -0.2) is 35.3 Å². The molecule has 0 amide bonds. The van der Waals surface area contributed by atoms with Crippen molar-refractivity contribution in [2.24, 2.45) is 5.92 Å². The Bertz CT molecular complexity index is 1050. The Morgan fingerprint density at radius 1 is 1.37 bits per heavy atom. The number of benzene rings is 1. The summed E-state index contributed by atoms with van der Waals surface area (Å²) < 4.78 is 48.0. The molecule has 30 heavy (non-hydrogen) atoms. The Morgan fingerprint density at radius 2 is 2.00 bits per heavy atom. The Kier molecular flexibility index (Phi) is 6.03. The first-order valence-corrected chi connectivity index (χ1v) is 13.7. The summed E-state index contributed by atoms with van der Waals surface area (Å²) in [4.78, 5) is 16.2. The third-order valence-corrected chi connectivity index (χ3v) is 12.2. The molecule has 0 aliphatic carbocycles. The van der Waals surface area contributed by atoms with Crippen molar-refractivity contribution in [3.8, 4) is 5.88 Å². The second-order valence-electron chi connectivity index (χ2n) is 9.04. The van der Waals surface area contributed by atoms with Crippen molar-refractivity contribution in [1.82, 2.24) is 9.55 Å². The van der Waals surface area contributed by atoms with E-state index in [2.05, 4.69) is 38.8 Å². The van der Waals surface area contributed by atoms with Gasteiger partial charge >= 0.3 is 11.9 Å². The molecule has 5 nitrogen and oxygen atoms in total. The molecule has 0 bridgehead atoms. The van der Waals surface area contributed by atoms with Crippen molar-refractivity contribution < 1.29 is 22.7 Å². The largest absolute Gasteiger partial charge is 0.493 e. The van der Waals surface area contributed by atoms with Crippen LogP contribution in [0, 0.1) is 5.92 Å². The van der Waals surface area contributed by atoms with Gasteiger partial charge in [-0.05, 0) is 24.2 Å². The predicted octanol–water partition coefficient (Wildman–Crippen LogP) is 5.52. The minimum atomic E-state index is -4.70. The Labute approximate surface area is 182 Å². The van der Waals surface area contributed by atoms with Crippen LogP contribution in [0.5, 0.6) is 5.88 Å². The lowest BCUT2D eigenvalue weighted by Gasteiger charge is -2.37. The van der Waals surface area contributed by atoms with Gasteiger partial charge in [0.15, 0.2) is 8.32 Å². The molecule has 1 aromatic carbocycles. The van der Waals surface area contributed by atoms with E-state index in [1.54, 1.807) is 0 Å². The van der Waals surface area contributed by atoms with Gasteiger partial charge in [-0.25, -0.2) is 4.79 Å². The maximum absolute atomic E-state index is 13.5. The SMILES string of the molecule is CC(C)(C)[Si](C)(C)OCC1CSc2c(Cl)c(C(F)(F)F)cc3c(O)nc(=O)n(c23)C1. The Morgan fingerprint density at radius 3 is 2.57 bits per heavy atom. The van der Waals surface area contributed by atoms with Gasteiger partial charge in [-0.1, -0.05) is 32.4 Å². The molecule has 0 fully saturated rings. The van der Waals surface area contributed by atoms with Crippen LogP contribution < -0.4 is 5.69 Å². The van der Waals surface area contributed by atoms with Crippen LogP contribution >= 0.6 is 23.4 Å². The predicted molar refractivity (Wildman–Crippen MR) is 115 cm³/mol. The van der Waals surface area contributed by atoms with E-state index in [4.69, 9.17) is 16.0 Å². The topological polar surface area (TPSA) is 64.3 Å². The van der Waals surface area contributed by atoms with Gasteiger partial charge in [-0.3, -0.25) is 4.57 Å². The number of aromatic hydroxyl groups is 1. The number of halogens is 4. The first kappa shape index (κ1) is 23.4. The highest BCUT2D eigenvalue weighted by Gasteiger charge is 2.39. The number of aromatic nitrogens is 2. The molecule has 1 unspecified atom stereocenters. The van der Waals surface area contributed by atoms with E-state index < -0.39 is 36.6 Å². The van der Waals surface area contributed by atoms with Crippen molar-refractivity contribution in [2.45, 2.75) is 56.5 Å². The van der Waals surface area contributed by atoms with Crippen LogP contribution in [-0.2, 0) is 17.1 Å². The minimum absolute atomic E-state index is 0.00293. The number of rotatable bonds is 3. The number of hydrogen-bond acceptors (Lipinski definition) is 5. The molecule has 1 atom stereocenters. The first-order chi connectivity index (χ1) is 13.6. The highest BCUT2D eigenvalue weighted by molar-refractivity contribution is 7.99. The standard InChI is InChI=1S/C19H24ClF3N2O3SSi/c1-18(2,3)30(4,5)28-8-10-7-25-14-11(16(26)24-17(25)27)6-12(19(21,22)23)13(20)15(14)29-9-10/h6,10H,7-9H2,1-5H3,(H,24,26,27). The van der Waals surface area contributed by atoms with E-state index in [1.165, 1.54) is 4.57 Å². The molecule has 1 N–H and O–H groups in total. The number of nitrogens with zero attached hydrogens (tertiary/aromatic N) is 2. The van der Waals surface area contributed by atoms with Gasteiger partial charge in [0.1, 0.15) is 0 Å². The second-order valence-corrected chi connectivity index (χ2v) is 15.3. The van der Waals surface area contributed by atoms with E-state index >= 15 is 0 Å². The van der Waals surface area contributed by atoms with Crippen molar-refractivity contribution in [1.29, 1.82) is 0 Å². The summed E-state index contributed by atoms with van der Waals surface area (Å²) >= 11 is 7.28. The van der Waals surface area contributed by atoms with E-state index in [1.807, 2.05) is 0 Å². The fourth-order valence-corrected chi connectivity index (χ4v) is 5.73. The van der Waals surface area contributed by atoms with Crippen LogP contribution in [0.25, 0.3) is 10.9 Å². The number of hydrogen-bond donors (Lipinski definition) is 1. The van der Waals surface area contributed by atoms with Crippen LogP contribution in [0.4, 0.5) is 13.2 Å². The maximum Gasteiger partial charge on any atom is 0.417 e. The van der Waals surface area contributed by atoms with Gasteiger partial charge in [0.2, 0.25) is 5.88 Å². The van der Waals surface area contributed by atoms with Gasteiger partial charge < -0.3 is 9.53 Å². The molecule has 0 radical (unpaired) electrons. The molecule has 1 aromatic heterocycles.